The van der Waals surface area contributed by atoms with Gasteiger partial charge < -0.3 is 20.1 Å². The van der Waals surface area contributed by atoms with E-state index in [0.29, 0.717) is 18.9 Å². The van der Waals surface area contributed by atoms with Crippen LogP contribution in [0.25, 0.3) is 0 Å². The van der Waals surface area contributed by atoms with Gasteiger partial charge in [-0.1, -0.05) is 6.07 Å². The number of methoxy groups -OCH3 is 1. The normalized spacial score (nSPS) is 13.9. The molecule has 27 heavy (non-hydrogen) atoms. The van der Waals surface area contributed by atoms with Crippen molar-refractivity contribution >= 4 is 39.8 Å². The summed E-state index contributed by atoms with van der Waals surface area (Å²) in [4.78, 5) is 4.53. The number of aliphatic imine (C=N–C) groups is 1. The molecule has 0 fully saturated rings. The van der Waals surface area contributed by atoms with E-state index in [9.17, 15) is 8.42 Å². The lowest BCUT2D eigenvalue weighted by molar-refractivity contribution is 0.229. The smallest absolute Gasteiger partial charge is 0.191 e. The summed E-state index contributed by atoms with van der Waals surface area (Å²) in [6.45, 7) is 7.05. The zero-order chi connectivity index (χ0) is 19.6. The van der Waals surface area contributed by atoms with Crippen molar-refractivity contribution in [1.82, 2.24) is 10.6 Å². The van der Waals surface area contributed by atoms with Crippen molar-refractivity contribution in [3.05, 3.63) is 24.3 Å². The number of guanidine groups is 1. The van der Waals surface area contributed by atoms with Gasteiger partial charge in [-0.15, -0.1) is 24.0 Å². The first-order valence-corrected chi connectivity index (χ1v) is 10.8. The molecule has 7 nitrogen and oxygen atoms in total. The number of hydrogen-bond acceptors (Lipinski definition) is 5. The minimum Gasteiger partial charge on any atom is -0.497 e. The lowest BCUT2D eigenvalue weighted by Crippen LogP contribution is -2.43. The number of nitrogens with one attached hydrogen (secondary N) is 2. The molecule has 9 heteroatoms. The summed E-state index contributed by atoms with van der Waals surface area (Å²) in [5.74, 6) is 2.27. The Balaban J connectivity index is 0.00000676. The van der Waals surface area contributed by atoms with Crippen molar-refractivity contribution in [3.8, 4) is 11.5 Å². The number of hydrogen-bond donors (Lipinski definition) is 2. The van der Waals surface area contributed by atoms with Gasteiger partial charge in [0.25, 0.3) is 0 Å². The van der Waals surface area contributed by atoms with E-state index in [1.165, 1.54) is 6.26 Å². The van der Waals surface area contributed by atoms with Crippen LogP contribution in [0.1, 0.15) is 27.2 Å². The monoisotopic (exact) mass is 513 g/mol. The minimum absolute atomic E-state index is 0. The molecule has 0 radical (unpaired) electrons. The number of halogens is 1. The van der Waals surface area contributed by atoms with E-state index in [4.69, 9.17) is 9.47 Å². The van der Waals surface area contributed by atoms with E-state index in [0.717, 1.165) is 18.0 Å². The summed E-state index contributed by atoms with van der Waals surface area (Å²) in [5, 5.41) is 6.39. The van der Waals surface area contributed by atoms with Gasteiger partial charge in [-0.2, -0.15) is 0 Å². The Morgan fingerprint density at radius 1 is 1.26 bits per heavy atom. The Morgan fingerprint density at radius 3 is 2.52 bits per heavy atom. The molecule has 1 aromatic carbocycles. The first kappa shape index (κ1) is 25.8. The molecule has 156 valence electrons. The van der Waals surface area contributed by atoms with Crippen LogP contribution in [-0.2, 0) is 9.84 Å². The summed E-state index contributed by atoms with van der Waals surface area (Å²) in [7, 11) is -1.35. The molecule has 0 bridgehead atoms. The second-order valence-electron chi connectivity index (χ2n) is 6.29. The second kappa shape index (κ2) is 13.0. The van der Waals surface area contributed by atoms with E-state index in [-0.39, 0.29) is 41.9 Å². The summed E-state index contributed by atoms with van der Waals surface area (Å²) in [6, 6.07) is 7.44. The van der Waals surface area contributed by atoms with Crippen LogP contribution in [0.2, 0.25) is 0 Å². The van der Waals surface area contributed by atoms with E-state index < -0.39 is 9.84 Å². The van der Waals surface area contributed by atoms with Crippen molar-refractivity contribution in [3.63, 3.8) is 0 Å². The van der Waals surface area contributed by atoms with Crippen LogP contribution in [0.5, 0.6) is 11.5 Å². The summed E-state index contributed by atoms with van der Waals surface area (Å²) < 4.78 is 33.6. The first-order chi connectivity index (χ1) is 12.2. The zero-order valence-electron chi connectivity index (χ0n) is 16.7. The molecule has 0 heterocycles. The maximum absolute atomic E-state index is 11.3. The lowest BCUT2D eigenvalue weighted by atomic mass is 10.3. The first-order valence-electron chi connectivity index (χ1n) is 8.76. The minimum atomic E-state index is -2.96. The molecule has 0 saturated carbocycles. The topological polar surface area (TPSA) is 89.0 Å². The van der Waals surface area contributed by atoms with Crippen molar-refractivity contribution in [2.75, 3.05) is 32.2 Å². The van der Waals surface area contributed by atoms with Gasteiger partial charge in [0.05, 0.1) is 19.4 Å². The lowest BCUT2D eigenvalue weighted by Gasteiger charge is -2.19. The van der Waals surface area contributed by atoms with Crippen LogP contribution in [0, 0.1) is 0 Å². The van der Waals surface area contributed by atoms with Crippen LogP contribution < -0.4 is 20.1 Å². The van der Waals surface area contributed by atoms with Crippen molar-refractivity contribution in [2.24, 2.45) is 4.99 Å². The van der Waals surface area contributed by atoms with E-state index >= 15 is 0 Å². The van der Waals surface area contributed by atoms with Crippen molar-refractivity contribution in [1.29, 1.82) is 0 Å². The second-order valence-corrected chi connectivity index (χ2v) is 8.55. The van der Waals surface area contributed by atoms with Crippen LogP contribution in [0.3, 0.4) is 0 Å². The van der Waals surface area contributed by atoms with Crippen LogP contribution in [0.4, 0.5) is 0 Å². The number of nitrogens with zero attached hydrogens (tertiary/aromatic N) is 1. The number of sulfone groups is 1. The van der Waals surface area contributed by atoms with Gasteiger partial charge in [-0.3, -0.25) is 0 Å². The molecule has 0 aliphatic rings. The Labute approximate surface area is 180 Å². The highest BCUT2D eigenvalue weighted by Gasteiger charge is 2.10. The molecule has 0 aromatic heterocycles. The van der Waals surface area contributed by atoms with Gasteiger partial charge in [0.15, 0.2) is 5.96 Å². The Morgan fingerprint density at radius 2 is 1.93 bits per heavy atom. The molecule has 0 saturated heterocycles. The summed E-state index contributed by atoms with van der Waals surface area (Å²) >= 11 is 0. The maximum Gasteiger partial charge on any atom is 0.191 e. The molecule has 0 aliphatic heterocycles. The molecular formula is C18H32IN3O4S. The molecule has 1 aromatic rings. The average Bonchev–Trinajstić information content (AvgIpc) is 2.57. The van der Waals surface area contributed by atoms with Gasteiger partial charge in [0.1, 0.15) is 27.4 Å². The van der Waals surface area contributed by atoms with Gasteiger partial charge in [0, 0.05) is 24.9 Å². The third-order valence-electron chi connectivity index (χ3n) is 3.53. The quantitative estimate of drug-likeness (QED) is 0.284. The highest BCUT2D eigenvalue weighted by atomic mass is 127. The SMILES string of the molecule is CCNC(=NCC(C)Oc1cccc(OC)c1)NC(C)CCS(C)(=O)=O.I. The predicted molar refractivity (Wildman–Crippen MR) is 121 cm³/mol. The Bertz CT molecular complexity index is 683. The van der Waals surface area contributed by atoms with Crippen molar-refractivity contribution < 1.29 is 17.9 Å². The molecule has 2 unspecified atom stereocenters. The van der Waals surface area contributed by atoms with Gasteiger partial charge in [0.2, 0.25) is 0 Å². The third kappa shape index (κ3) is 12.0. The van der Waals surface area contributed by atoms with E-state index in [2.05, 4.69) is 15.6 Å². The van der Waals surface area contributed by atoms with Gasteiger partial charge >= 0.3 is 0 Å². The van der Waals surface area contributed by atoms with E-state index in [1.54, 1.807) is 7.11 Å². The highest BCUT2D eigenvalue weighted by molar-refractivity contribution is 14.0. The molecule has 2 atom stereocenters. The molecular weight excluding hydrogens is 481 g/mol. The Kier molecular flexibility index (Phi) is 12.4. The van der Waals surface area contributed by atoms with Crippen LogP contribution in [-0.4, -0.2) is 58.7 Å². The fraction of sp³-hybridized carbons (Fsp3) is 0.611. The number of benzene rings is 1. The fourth-order valence-electron chi connectivity index (χ4n) is 2.18. The largest absolute Gasteiger partial charge is 0.497 e. The average molecular weight is 513 g/mol. The molecule has 0 spiro atoms. The standard InChI is InChI=1S/C18H31N3O4S.HI/c1-6-19-18(21-14(2)10-11-26(5,22)23)20-13-15(3)25-17-9-7-8-16(12-17)24-4;/h7-9,12,14-15H,6,10-11,13H2,1-5H3,(H2,19,20,21);1H. The van der Waals surface area contributed by atoms with Gasteiger partial charge in [-0.05, 0) is 39.3 Å². The van der Waals surface area contributed by atoms with Gasteiger partial charge in [-0.25, -0.2) is 13.4 Å². The molecule has 0 aliphatic carbocycles. The summed E-state index contributed by atoms with van der Waals surface area (Å²) in [5.41, 5.74) is 0. The summed E-state index contributed by atoms with van der Waals surface area (Å²) in [6.07, 6.45) is 1.65. The molecule has 1 rings (SSSR count). The van der Waals surface area contributed by atoms with Crippen LogP contribution >= 0.6 is 24.0 Å². The predicted octanol–water partition coefficient (Wildman–Crippen LogP) is 2.46. The number of rotatable bonds is 10. The Hall–Kier alpha value is -1.23. The molecule has 2 N–H and O–H groups in total. The third-order valence-corrected chi connectivity index (χ3v) is 4.51. The zero-order valence-corrected chi connectivity index (χ0v) is 19.8. The maximum atomic E-state index is 11.3. The number of ether oxygens (including phenoxy) is 2. The van der Waals surface area contributed by atoms with E-state index in [1.807, 2.05) is 45.0 Å². The fourth-order valence-corrected chi connectivity index (χ4v) is 2.96. The van der Waals surface area contributed by atoms with Crippen LogP contribution in [0.15, 0.2) is 29.3 Å². The highest BCUT2D eigenvalue weighted by Crippen LogP contribution is 2.19. The van der Waals surface area contributed by atoms with Crippen molar-refractivity contribution in [2.45, 2.75) is 39.3 Å². The molecule has 0 amide bonds.